The van der Waals surface area contributed by atoms with Gasteiger partial charge < -0.3 is 5.11 Å². The number of aryl methyl sites for hydroxylation is 1. The lowest BCUT2D eigenvalue weighted by Gasteiger charge is -2.02. The van der Waals surface area contributed by atoms with Gasteiger partial charge in [0.15, 0.2) is 0 Å². The van der Waals surface area contributed by atoms with E-state index in [1.165, 1.54) is 10.9 Å². The van der Waals surface area contributed by atoms with Crippen LogP contribution in [0.4, 0.5) is 0 Å². The minimum Gasteiger partial charge on any atom is -0.478 e. The van der Waals surface area contributed by atoms with Gasteiger partial charge in [0.05, 0.1) is 5.69 Å². The number of carboxylic acids is 1. The fourth-order valence-electron chi connectivity index (χ4n) is 2.21. The highest BCUT2D eigenvalue weighted by Gasteiger charge is 2.17. The summed E-state index contributed by atoms with van der Waals surface area (Å²) in [6.07, 6.45) is 1.50. The van der Waals surface area contributed by atoms with Crippen molar-refractivity contribution in [1.29, 1.82) is 0 Å². The van der Waals surface area contributed by atoms with Crippen molar-refractivity contribution in [2.45, 2.75) is 6.92 Å². The van der Waals surface area contributed by atoms with Crippen LogP contribution in [0.25, 0.3) is 16.9 Å². The fourth-order valence-corrected chi connectivity index (χ4v) is 2.39. The largest absolute Gasteiger partial charge is 0.478 e. The highest BCUT2D eigenvalue weighted by atomic mass is 35.5. The second-order valence-electron chi connectivity index (χ2n) is 4.99. The molecule has 0 spiro atoms. The lowest BCUT2D eigenvalue weighted by Crippen LogP contribution is -1.96. The zero-order valence-electron chi connectivity index (χ0n) is 11.8. The summed E-state index contributed by atoms with van der Waals surface area (Å²) in [6.45, 7) is 1.98. The van der Waals surface area contributed by atoms with Gasteiger partial charge in [-0.1, -0.05) is 47.5 Å². The number of carbonyl (C=O) groups is 1. The van der Waals surface area contributed by atoms with Crippen molar-refractivity contribution in [3.63, 3.8) is 0 Å². The fraction of sp³-hybridized carbons (Fsp3) is 0.0588. The maximum Gasteiger partial charge on any atom is 0.339 e. The van der Waals surface area contributed by atoms with E-state index in [4.69, 9.17) is 11.6 Å². The van der Waals surface area contributed by atoms with Gasteiger partial charge in [0, 0.05) is 16.8 Å². The molecule has 0 saturated heterocycles. The number of aromatic nitrogens is 2. The molecule has 0 atom stereocenters. The van der Waals surface area contributed by atoms with E-state index in [1.54, 1.807) is 18.2 Å². The SMILES string of the molecule is Cc1ccc(-c2nn(-c3cccc(Cl)c3)cc2C(=O)O)cc1. The van der Waals surface area contributed by atoms with Crippen LogP contribution in [0.2, 0.25) is 5.02 Å². The Morgan fingerprint density at radius 3 is 2.55 bits per heavy atom. The van der Waals surface area contributed by atoms with Crippen molar-refractivity contribution in [3.05, 3.63) is 70.9 Å². The van der Waals surface area contributed by atoms with Crippen LogP contribution < -0.4 is 0 Å². The van der Waals surface area contributed by atoms with Crippen LogP contribution >= 0.6 is 11.6 Å². The molecule has 1 N–H and O–H groups in total. The average Bonchev–Trinajstić information content (AvgIpc) is 2.93. The van der Waals surface area contributed by atoms with Crippen LogP contribution in [0.3, 0.4) is 0 Å². The summed E-state index contributed by atoms with van der Waals surface area (Å²) >= 11 is 5.98. The number of hydrogen-bond acceptors (Lipinski definition) is 2. The van der Waals surface area contributed by atoms with Crippen molar-refractivity contribution in [3.8, 4) is 16.9 Å². The average molecular weight is 313 g/mol. The minimum absolute atomic E-state index is 0.156. The lowest BCUT2D eigenvalue weighted by molar-refractivity contribution is 0.0697. The Hall–Kier alpha value is -2.59. The summed E-state index contributed by atoms with van der Waals surface area (Å²) in [6, 6.07) is 14.7. The molecule has 4 nitrogen and oxygen atoms in total. The van der Waals surface area contributed by atoms with E-state index in [9.17, 15) is 9.90 Å². The van der Waals surface area contributed by atoms with Crippen LogP contribution in [0, 0.1) is 6.92 Å². The van der Waals surface area contributed by atoms with Crippen LogP contribution in [0.15, 0.2) is 54.7 Å². The van der Waals surface area contributed by atoms with Crippen molar-refractivity contribution < 1.29 is 9.90 Å². The molecule has 3 rings (SSSR count). The Bertz CT molecular complexity index is 838. The lowest BCUT2D eigenvalue weighted by atomic mass is 10.1. The van der Waals surface area contributed by atoms with Crippen molar-refractivity contribution in [2.24, 2.45) is 0 Å². The summed E-state index contributed by atoms with van der Waals surface area (Å²) in [5.74, 6) is -1.01. The molecule has 0 fully saturated rings. The minimum atomic E-state index is -1.01. The van der Waals surface area contributed by atoms with E-state index < -0.39 is 5.97 Å². The number of halogens is 1. The molecule has 0 amide bonds. The van der Waals surface area contributed by atoms with E-state index in [2.05, 4.69) is 5.10 Å². The Balaban J connectivity index is 2.14. The Morgan fingerprint density at radius 1 is 1.18 bits per heavy atom. The van der Waals surface area contributed by atoms with Gasteiger partial charge >= 0.3 is 5.97 Å². The van der Waals surface area contributed by atoms with Crippen molar-refractivity contribution >= 4 is 17.6 Å². The summed E-state index contributed by atoms with van der Waals surface area (Å²) in [4.78, 5) is 11.5. The zero-order valence-corrected chi connectivity index (χ0v) is 12.6. The third-order valence-corrected chi connectivity index (χ3v) is 3.58. The Morgan fingerprint density at radius 2 is 1.91 bits per heavy atom. The van der Waals surface area contributed by atoms with Crippen LogP contribution in [-0.4, -0.2) is 20.9 Å². The molecule has 0 aliphatic rings. The number of nitrogens with zero attached hydrogens (tertiary/aromatic N) is 2. The second kappa shape index (κ2) is 5.66. The number of rotatable bonds is 3. The van der Waals surface area contributed by atoms with Gasteiger partial charge in [-0.05, 0) is 25.1 Å². The Kier molecular flexibility index (Phi) is 3.69. The van der Waals surface area contributed by atoms with Gasteiger partial charge in [0.25, 0.3) is 0 Å². The molecule has 2 aromatic carbocycles. The van der Waals surface area contributed by atoms with E-state index >= 15 is 0 Å². The predicted molar refractivity (Wildman–Crippen MR) is 85.7 cm³/mol. The van der Waals surface area contributed by atoms with Gasteiger partial charge in [-0.2, -0.15) is 5.10 Å². The number of hydrogen-bond donors (Lipinski definition) is 1. The third kappa shape index (κ3) is 2.73. The maximum absolute atomic E-state index is 11.5. The zero-order chi connectivity index (χ0) is 15.7. The van der Waals surface area contributed by atoms with Gasteiger partial charge in [-0.25, -0.2) is 9.48 Å². The first-order chi connectivity index (χ1) is 10.5. The molecule has 5 heteroatoms. The highest BCUT2D eigenvalue weighted by molar-refractivity contribution is 6.30. The summed E-state index contributed by atoms with van der Waals surface area (Å²) < 4.78 is 1.53. The quantitative estimate of drug-likeness (QED) is 0.788. The summed E-state index contributed by atoms with van der Waals surface area (Å²) in [5, 5.41) is 14.4. The van der Waals surface area contributed by atoms with Crippen LogP contribution in [0.1, 0.15) is 15.9 Å². The second-order valence-corrected chi connectivity index (χ2v) is 5.42. The summed E-state index contributed by atoms with van der Waals surface area (Å²) in [7, 11) is 0. The smallest absolute Gasteiger partial charge is 0.339 e. The normalized spacial score (nSPS) is 10.6. The van der Waals surface area contributed by atoms with Crippen LogP contribution in [0.5, 0.6) is 0 Å². The van der Waals surface area contributed by atoms with Gasteiger partial charge in [-0.3, -0.25) is 0 Å². The molecule has 0 saturated carbocycles. The first kappa shape index (κ1) is 14.4. The van der Waals surface area contributed by atoms with Crippen molar-refractivity contribution in [2.75, 3.05) is 0 Å². The number of carboxylic acid groups (broad SMARTS) is 1. The maximum atomic E-state index is 11.5. The Labute approximate surface area is 132 Å². The van der Waals surface area contributed by atoms with Crippen LogP contribution in [-0.2, 0) is 0 Å². The summed E-state index contributed by atoms with van der Waals surface area (Å²) in [5.41, 5.74) is 3.18. The van der Waals surface area contributed by atoms with E-state index in [0.29, 0.717) is 16.4 Å². The van der Waals surface area contributed by atoms with E-state index in [1.807, 2.05) is 37.3 Å². The van der Waals surface area contributed by atoms with E-state index in [0.717, 1.165) is 11.1 Å². The van der Waals surface area contributed by atoms with Crippen molar-refractivity contribution in [1.82, 2.24) is 9.78 Å². The molecule has 0 unspecified atom stereocenters. The molecule has 3 aromatic rings. The molecule has 0 aliphatic heterocycles. The molecular weight excluding hydrogens is 300 g/mol. The van der Waals surface area contributed by atoms with Gasteiger partial charge in [-0.15, -0.1) is 0 Å². The molecule has 0 bridgehead atoms. The molecule has 0 radical (unpaired) electrons. The monoisotopic (exact) mass is 312 g/mol. The standard InChI is InChI=1S/C17H13ClN2O2/c1-11-5-7-12(8-6-11)16-15(17(21)22)10-20(19-16)14-4-2-3-13(18)9-14/h2-10H,1H3,(H,21,22). The molecular formula is C17H13ClN2O2. The molecule has 110 valence electrons. The first-order valence-corrected chi connectivity index (χ1v) is 7.08. The topological polar surface area (TPSA) is 55.1 Å². The molecule has 1 heterocycles. The van der Waals surface area contributed by atoms with Gasteiger partial charge in [0.1, 0.15) is 11.3 Å². The molecule has 22 heavy (non-hydrogen) atoms. The molecule has 1 aromatic heterocycles. The molecule has 0 aliphatic carbocycles. The number of benzene rings is 2. The van der Waals surface area contributed by atoms with Gasteiger partial charge in [0.2, 0.25) is 0 Å². The predicted octanol–water partition coefficient (Wildman–Crippen LogP) is 4.20. The third-order valence-electron chi connectivity index (χ3n) is 3.34. The number of aromatic carboxylic acids is 1. The highest BCUT2D eigenvalue weighted by Crippen LogP contribution is 2.25. The van der Waals surface area contributed by atoms with E-state index in [-0.39, 0.29) is 5.56 Å². The first-order valence-electron chi connectivity index (χ1n) is 6.70.